The first kappa shape index (κ1) is 19.1. The zero-order chi connectivity index (χ0) is 19.7. The van der Waals surface area contributed by atoms with Crippen molar-refractivity contribution in [3.05, 3.63) is 53.6 Å². The molecule has 2 heterocycles. The van der Waals surface area contributed by atoms with Crippen molar-refractivity contribution >= 4 is 11.6 Å². The van der Waals surface area contributed by atoms with E-state index in [1.165, 1.54) is 0 Å². The van der Waals surface area contributed by atoms with Gasteiger partial charge < -0.3 is 5.11 Å². The average molecular weight is 397 g/mol. The zero-order valence-electron chi connectivity index (χ0n) is 16.2. The Hall–Kier alpha value is -2.24. The normalized spacial score (nSPS) is 20.3. The average Bonchev–Trinajstić information content (AvgIpc) is 3.14. The van der Waals surface area contributed by atoms with Crippen LogP contribution in [0, 0.1) is 5.92 Å². The summed E-state index contributed by atoms with van der Waals surface area (Å²) in [6.45, 7) is 3.83. The van der Waals surface area contributed by atoms with Crippen LogP contribution < -0.4 is 0 Å². The maximum atomic E-state index is 10.4. The molecule has 0 radical (unpaired) electrons. The molecule has 6 heteroatoms. The second-order valence-electron chi connectivity index (χ2n) is 8.16. The predicted molar refractivity (Wildman–Crippen MR) is 111 cm³/mol. The van der Waals surface area contributed by atoms with Gasteiger partial charge in [0.05, 0.1) is 11.3 Å². The topological polar surface area (TPSA) is 74.7 Å². The van der Waals surface area contributed by atoms with E-state index >= 15 is 0 Å². The molecule has 2 N–H and O–H groups in total. The lowest BCUT2D eigenvalue weighted by molar-refractivity contribution is -0.00170. The van der Waals surface area contributed by atoms with Crippen LogP contribution in [0.25, 0.3) is 22.5 Å². The van der Waals surface area contributed by atoms with Crippen molar-refractivity contribution in [3.63, 3.8) is 0 Å². The number of hydrogen-bond acceptors (Lipinski definition) is 4. The number of H-pyrrole nitrogens is 1. The standard InChI is InChI=1S/C22H25ClN4O/c1-22(2,28)16-7-3-14(4-8-16)20-19(18-11-12-24-13-25-18)21(27-26-20)15-5-9-17(23)10-6-15/h5-6,9-14,16,28H,3-4,7-8H2,1-2H3,(H,26,27). The molecule has 0 bridgehead atoms. The number of rotatable bonds is 4. The first-order chi connectivity index (χ1) is 13.4. The fourth-order valence-corrected chi connectivity index (χ4v) is 4.38. The number of benzene rings is 1. The van der Waals surface area contributed by atoms with Gasteiger partial charge in [-0.05, 0) is 63.6 Å². The largest absolute Gasteiger partial charge is 0.390 e. The summed E-state index contributed by atoms with van der Waals surface area (Å²) in [5.74, 6) is 0.710. The van der Waals surface area contributed by atoms with Gasteiger partial charge >= 0.3 is 0 Å². The third-order valence-corrected chi connectivity index (χ3v) is 6.14. The first-order valence-corrected chi connectivity index (χ1v) is 10.1. The molecule has 146 valence electrons. The van der Waals surface area contributed by atoms with Crippen LogP contribution in [-0.4, -0.2) is 30.9 Å². The van der Waals surface area contributed by atoms with E-state index in [1.54, 1.807) is 12.5 Å². The first-order valence-electron chi connectivity index (χ1n) is 9.76. The van der Waals surface area contributed by atoms with Crippen LogP contribution in [0.2, 0.25) is 5.02 Å². The summed E-state index contributed by atoms with van der Waals surface area (Å²) < 4.78 is 0. The Morgan fingerprint density at radius 3 is 2.39 bits per heavy atom. The highest BCUT2D eigenvalue weighted by molar-refractivity contribution is 6.30. The lowest BCUT2D eigenvalue weighted by Gasteiger charge is -2.35. The molecule has 28 heavy (non-hydrogen) atoms. The molecule has 0 amide bonds. The lowest BCUT2D eigenvalue weighted by atomic mass is 9.73. The molecule has 0 unspecified atom stereocenters. The maximum absolute atomic E-state index is 10.4. The fourth-order valence-electron chi connectivity index (χ4n) is 4.25. The zero-order valence-corrected chi connectivity index (χ0v) is 16.9. The number of nitrogens with one attached hydrogen (secondary N) is 1. The summed E-state index contributed by atoms with van der Waals surface area (Å²) in [6.07, 6.45) is 7.39. The monoisotopic (exact) mass is 396 g/mol. The number of halogens is 1. The SMILES string of the molecule is CC(C)(O)C1CCC(c2[nH]nc(-c3ccc(Cl)cc3)c2-c2ccncn2)CC1. The Labute approximate surface area is 170 Å². The Kier molecular flexibility index (Phi) is 5.21. The van der Waals surface area contributed by atoms with Crippen molar-refractivity contribution in [2.24, 2.45) is 5.92 Å². The molecule has 1 saturated carbocycles. The highest BCUT2D eigenvalue weighted by Gasteiger charge is 2.34. The summed E-state index contributed by atoms with van der Waals surface area (Å²) in [7, 11) is 0. The van der Waals surface area contributed by atoms with E-state index < -0.39 is 5.60 Å². The molecule has 1 fully saturated rings. The second kappa shape index (κ2) is 7.64. The number of aromatic amines is 1. The minimum Gasteiger partial charge on any atom is -0.390 e. The van der Waals surface area contributed by atoms with Gasteiger partial charge in [-0.3, -0.25) is 5.10 Å². The van der Waals surface area contributed by atoms with E-state index in [0.29, 0.717) is 16.9 Å². The Balaban J connectivity index is 1.71. The number of hydrogen-bond donors (Lipinski definition) is 2. The van der Waals surface area contributed by atoms with Crippen molar-refractivity contribution in [1.29, 1.82) is 0 Å². The van der Waals surface area contributed by atoms with E-state index in [9.17, 15) is 5.11 Å². The fraction of sp³-hybridized carbons (Fsp3) is 0.409. The van der Waals surface area contributed by atoms with Gasteiger partial charge in [0.2, 0.25) is 0 Å². The summed E-state index contributed by atoms with van der Waals surface area (Å²) in [6, 6.07) is 9.65. The van der Waals surface area contributed by atoms with Crippen LogP contribution in [0.5, 0.6) is 0 Å². The predicted octanol–water partition coefficient (Wildman–Crippen LogP) is 5.23. The summed E-state index contributed by atoms with van der Waals surface area (Å²) in [4.78, 5) is 8.56. The van der Waals surface area contributed by atoms with Gasteiger partial charge in [0, 0.05) is 34.0 Å². The van der Waals surface area contributed by atoms with Crippen LogP contribution in [0.4, 0.5) is 0 Å². The quantitative estimate of drug-likeness (QED) is 0.633. The smallest absolute Gasteiger partial charge is 0.116 e. The Morgan fingerprint density at radius 2 is 1.79 bits per heavy atom. The van der Waals surface area contributed by atoms with E-state index in [1.807, 2.05) is 44.2 Å². The molecule has 1 aliphatic carbocycles. The molecule has 3 aromatic rings. The molecule has 1 aromatic carbocycles. The molecule has 2 aromatic heterocycles. The molecule has 0 atom stereocenters. The van der Waals surface area contributed by atoms with E-state index in [4.69, 9.17) is 11.6 Å². The van der Waals surface area contributed by atoms with Gasteiger partial charge in [-0.2, -0.15) is 5.10 Å². The molecule has 0 spiro atoms. The summed E-state index contributed by atoms with van der Waals surface area (Å²) >= 11 is 6.06. The van der Waals surface area contributed by atoms with Crippen molar-refractivity contribution in [3.8, 4) is 22.5 Å². The molecular formula is C22H25ClN4O. The maximum Gasteiger partial charge on any atom is 0.116 e. The van der Waals surface area contributed by atoms with Crippen molar-refractivity contribution in [2.75, 3.05) is 0 Å². The number of aromatic nitrogens is 4. The highest BCUT2D eigenvalue weighted by atomic mass is 35.5. The van der Waals surface area contributed by atoms with Crippen molar-refractivity contribution in [1.82, 2.24) is 20.2 Å². The van der Waals surface area contributed by atoms with Crippen molar-refractivity contribution < 1.29 is 5.11 Å². The van der Waals surface area contributed by atoms with Crippen LogP contribution in [0.3, 0.4) is 0 Å². The molecule has 0 aliphatic heterocycles. The van der Waals surface area contributed by atoms with Gasteiger partial charge in [-0.25, -0.2) is 9.97 Å². The molecule has 5 nitrogen and oxygen atoms in total. The third-order valence-electron chi connectivity index (χ3n) is 5.88. The Morgan fingerprint density at radius 1 is 1.07 bits per heavy atom. The van der Waals surface area contributed by atoms with E-state index in [2.05, 4.69) is 20.2 Å². The summed E-state index contributed by atoms with van der Waals surface area (Å²) in [5, 5.41) is 19.0. The van der Waals surface area contributed by atoms with Crippen molar-refractivity contribution in [2.45, 2.75) is 51.0 Å². The lowest BCUT2D eigenvalue weighted by Crippen LogP contribution is -2.33. The van der Waals surface area contributed by atoms with Gasteiger partial charge in [0.25, 0.3) is 0 Å². The van der Waals surface area contributed by atoms with E-state index in [0.717, 1.165) is 53.9 Å². The summed E-state index contributed by atoms with van der Waals surface area (Å²) in [5.41, 5.74) is 4.30. The molecule has 4 rings (SSSR count). The van der Waals surface area contributed by atoms with Gasteiger partial charge in [0.1, 0.15) is 12.0 Å². The van der Waals surface area contributed by atoms with E-state index in [-0.39, 0.29) is 0 Å². The van der Waals surface area contributed by atoms with Gasteiger partial charge in [-0.1, -0.05) is 23.7 Å². The van der Waals surface area contributed by atoms with Gasteiger partial charge in [0.15, 0.2) is 0 Å². The van der Waals surface area contributed by atoms with Gasteiger partial charge in [-0.15, -0.1) is 0 Å². The van der Waals surface area contributed by atoms with Crippen LogP contribution >= 0.6 is 11.6 Å². The highest BCUT2D eigenvalue weighted by Crippen LogP contribution is 2.44. The second-order valence-corrected chi connectivity index (χ2v) is 8.60. The minimum absolute atomic E-state index is 0.338. The third kappa shape index (κ3) is 3.82. The van der Waals surface area contributed by atoms with Crippen LogP contribution in [0.15, 0.2) is 42.9 Å². The van der Waals surface area contributed by atoms with Crippen LogP contribution in [0.1, 0.15) is 51.1 Å². The minimum atomic E-state index is -0.622. The number of nitrogens with zero attached hydrogens (tertiary/aromatic N) is 3. The molecular weight excluding hydrogens is 372 g/mol. The molecule has 1 aliphatic rings. The number of aliphatic hydroxyl groups is 1. The Bertz CT molecular complexity index is 923. The molecule has 0 saturated heterocycles. The van der Waals surface area contributed by atoms with Crippen LogP contribution in [-0.2, 0) is 0 Å².